The molecule has 0 saturated heterocycles. The predicted octanol–water partition coefficient (Wildman–Crippen LogP) is 6.17. The molecule has 4 rings (SSSR count). The maximum Gasteiger partial charge on any atom is 0.0495 e. The number of benzene rings is 3. The number of hydrogen-bond acceptors (Lipinski definition) is 0. The monoisotopic (exact) mass is 363 g/mol. The number of halogens is 1. The van der Waals surface area contributed by atoms with Gasteiger partial charge in [-0.25, -0.2) is 0 Å². The molecule has 0 saturated carbocycles. The fourth-order valence-corrected chi connectivity index (χ4v) is 3.62. The molecule has 0 fully saturated rings. The van der Waals surface area contributed by atoms with Gasteiger partial charge in [0.15, 0.2) is 0 Å². The van der Waals surface area contributed by atoms with Crippen LogP contribution >= 0.6 is 15.9 Å². The van der Waals surface area contributed by atoms with Gasteiger partial charge < -0.3 is 4.57 Å². The third-order valence-electron chi connectivity index (χ3n) is 4.51. The van der Waals surface area contributed by atoms with E-state index in [0.717, 1.165) is 17.4 Å². The molecule has 2 heteroatoms. The second kappa shape index (κ2) is 5.86. The third kappa shape index (κ3) is 2.57. The van der Waals surface area contributed by atoms with Crippen LogP contribution in [-0.2, 0) is 13.0 Å². The molecule has 0 unspecified atom stereocenters. The van der Waals surface area contributed by atoms with Gasteiger partial charge in [0.25, 0.3) is 0 Å². The van der Waals surface area contributed by atoms with Crippen molar-refractivity contribution >= 4 is 37.7 Å². The molecular weight excluding hydrogens is 346 g/mol. The summed E-state index contributed by atoms with van der Waals surface area (Å²) in [5.41, 5.74) is 5.31. The molecule has 0 aliphatic carbocycles. The van der Waals surface area contributed by atoms with E-state index in [-0.39, 0.29) is 0 Å². The van der Waals surface area contributed by atoms with Gasteiger partial charge in [0, 0.05) is 32.8 Å². The van der Waals surface area contributed by atoms with Crippen LogP contribution in [0.3, 0.4) is 0 Å². The minimum Gasteiger partial charge on any atom is -0.336 e. The van der Waals surface area contributed by atoms with Crippen molar-refractivity contribution in [1.82, 2.24) is 4.57 Å². The SMILES string of the molecule is CCc1ccc(Cn2c3ccccc3c3cc(Br)ccc32)cc1. The van der Waals surface area contributed by atoms with Gasteiger partial charge in [-0.1, -0.05) is 65.3 Å². The quantitative estimate of drug-likeness (QED) is 0.410. The number of nitrogens with zero attached hydrogens (tertiary/aromatic N) is 1. The first-order valence-corrected chi connectivity index (χ1v) is 8.80. The van der Waals surface area contributed by atoms with Crippen molar-refractivity contribution < 1.29 is 0 Å². The molecule has 0 N–H and O–H groups in total. The molecule has 1 heterocycles. The lowest BCUT2D eigenvalue weighted by Crippen LogP contribution is -1.99. The minimum absolute atomic E-state index is 0.898. The Labute approximate surface area is 144 Å². The Morgan fingerprint density at radius 3 is 2.26 bits per heavy atom. The summed E-state index contributed by atoms with van der Waals surface area (Å²) in [6.45, 7) is 3.09. The fourth-order valence-electron chi connectivity index (χ4n) is 3.26. The van der Waals surface area contributed by atoms with E-state index in [1.165, 1.54) is 32.9 Å². The topological polar surface area (TPSA) is 4.93 Å². The van der Waals surface area contributed by atoms with Crippen LogP contribution in [0.25, 0.3) is 21.8 Å². The first-order chi connectivity index (χ1) is 11.3. The molecule has 0 radical (unpaired) electrons. The highest BCUT2D eigenvalue weighted by molar-refractivity contribution is 9.10. The van der Waals surface area contributed by atoms with E-state index in [2.05, 4.69) is 94.2 Å². The van der Waals surface area contributed by atoms with Crippen LogP contribution in [-0.4, -0.2) is 4.57 Å². The summed E-state index contributed by atoms with van der Waals surface area (Å²) in [5.74, 6) is 0. The van der Waals surface area contributed by atoms with E-state index in [1.54, 1.807) is 0 Å². The molecule has 0 spiro atoms. The van der Waals surface area contributed by atoms with E-state index in [0.29, 0.717) is 0 Å². The summed E-state index contributed by atoms with van der Waals surface area (Å²) < 4.78 is 3.54. The first-order valence-electron chi connectivity index (χ1n) is 8.00. The maximum atomic E-state index is 3.60. The molecule has 0 bridgehead atoms. The molecule has 0 amide bonds. The summed E-state index contributed by atoms with van der Waals surface area (Å²) in [7, 11) is 0. The fraction of sp³-hybridized carbons (Fsp3) is 0.143. The van der Waals surface area contributed by atoms with Crippen molar-refractivity contribution in [3.63, 3.8) is 0 Å². The highest BCUT2D eigenvalue weighted by Crippen LogP contribution is 2.31. The normalized spacial score (nSPS) is 11.4. The largest absolute Gasteiger partial charge is 0.336 e. The van der Waals surface area contributed by atoms with Crippen LogP contribution < -0.4 is 0 Å². The van der Waals surface area contributed by atoms with Gasteiger partial charge in [-0.3, -0.25) is 0 Å². The van der Waals surface area contributed by atoms with Crippen molar-refractivity contribution in [1.29, 1.82) is 0 Å². The zero-order valence-corrected chi connectivity index (χ0v) is 14.7. The van der Waals surface area contributed by atoms with Crippen LogP contribution in [0.5, 0.6) is 0 Å². The lowest BCUT2D eigenvalue weighted by Gasteiger charge is -2.08. The summed E-state index contributed by atoms with van der Waals surface area (Å²) in [6, 6.07) is 24.2. The van der Waals surface area contributed by atoms with E-state index in [1.807, 2.05) is 0 Å². The Morgan fingerprint density at radius 2 is 1.48 bits per heavy atom. The standard InChI is InChI=1S/C21H18BrN/c1-2-15-7-9-16(10-8-15)14-23-20-6-4-3-5-18(20)19-13-17(22)11-12-21(19)23/h3-13H,2,14H2,1H3. The van der Waals surface area contributed by atoms with E-state index in [4.69, 9.17) is 0 Å². The molecule has 0 aliphatic rings. The van der Waals surface area contributed by atoms with Gasteiger partial charge in [-0.05, 0) is 41.8 Å². The molecule has 0 aliphatic heterocycles. The summed E-state index contributed by atoms with van der Waals surface area (Å²) in [4.78, 5) is 0. The average Bonchev–Trinajstić information content (AvgIpc) is 2.89. The van der Waals surface area contributed by atoms with E-state index >= 15 is 0 Å². The Balaban J connectivity index is 1.89. The molecule has 4 aromatic rings. The smallest absolute Gasteiger partial charge is 0.0495 e. The lowest BCUT2D eigenvalue weighted by atomic mass is 10.1. The van der Waals surface area contributed by atoms with Crippen molar-refractivity contribution in [2.45, 2.75) is 19.9 Å². The number of aryl methyl sites for hydroxylation is 1. The summed E-state index contributed by atoms with van der Waals surface area (Å²) >= 11 is 3.60. The van der Waals surface area contributed by atoms with Crippen LogP contribution in [0.1, 0.15) is 18.1 Å². The van der Waals surface area contributed by atoms with Crippen molar-refractivity contribution in [2.24, 2.45) is 0 Å². The van der Waals surface area contributed by atoms with Gasteiger partial charge in [0.05, 0.1) is 0 Å². The minimum atomic E-state index is 0.898. The van der Waals surface area contributed by atoms with Gasteiger partial charge in [0.1, 0.15) is 0 Å². The van der Waals surface area contributed by atoms with Gasteiger partial charge in [0.2, 0.25) is 0 Å². The second-order valence-electron chi connectivity index (χ2n) is 5.93. The summed E-state index contributed by atoms with van der Waals surface area (Å²) in [5, 5.41) is 2.62. The average molecular weight is 364 g/mol. The Morgan fingerprint density at radius 1 is 0.783 bits per heavy atom. The van der Waals surface area contributed by atoms with Crippen molar-refractivity contribution in [3.8, 4) is 0 Å². The van der Waals surface area contributed by atoms with Crippen molar-refractivity contribution in [3.05, 3.63) is 82.3 Å². The summed E-state index contributed by atoms with van der Waals surface area (Å²) in [6.07, 6.45) is 1.09. The van der Waals surface area contributed by atoms with Crippen molar-refractivity contribution in [2.75, 3.05) is 0 Å². The van der Waals surface area contributed by atoms with Crippen LogP contribution in [0, 0.1) is 0 Å². The highest BCUT2D eigenvalue weighted by atomic mass is 79.9. The Kier molecular flexibility index (Phi) is 3.70. The third-order valence-corrected chi connectivity index (χ3v) is 5.00. The molecule has 114 valence electrons. The van der Waals surface area contributed by atoms with E-state index < -0.39 is 0 Å². The molecule has 3 aromatic carbocycles. The molecule has 1 aromatic heterocycles. The van der Waals surface area contributed by atoms with E-state index in [9.17, 15) is 0 Å². The van der Waals surface area contributed by atoms with Gasteiger partial charge in [-0.15, -0.1) is 0 Å². The van der Waals surface area contributed by atoms with Gasteiger partial charge in [-0.2, -0.15) is 0 Å². The number of rotatable bonds is 3. The predicted molar refractivity (Wildman–Crippen MR) is 102 cm³/mol. The molecular formula is C21H18BrN. The number of aromatic nitrogens is 1. The van der Waals surface area contributed by atoms with Crippen LogP contribution in [0.4, 0.5) is 0 Å². The van der Waals surface area contributed by atoms with Gasteiger partial charge >= 0.3 is 0 Å². The zero-order chi connectivity index (χ0) is 15.8. The maximum absolute atomic E-state index is 3.60. The lowest BCUT2D eigenvalue weighted by molar-refractivity contribution is 0.867. The molecule has 23 heavy (non-hydrogen) atoms. The van der Waals surface area contributed by atoms with Crippen LogP contribution in [0.2, 0.25) is 0 Å². The van der Waals surface area contributed by atoms with Crippen LogP contribution in [0.15, 0.2) is 71.2 Å². The molecule has 0 atom stereocenters. The molecule has 1 nitrogen and oxygen atoms in total. The number of para-hydroxylation sites is 1. The zero-order valence-electron chi connectivity index (χ0n) is 13.1. The first kappa shape index (κ1) is 14.5. The number of fused-ring (bicyclic) bond motifs is 3. The Hall–Kier alpha value is -2.06. The number of hydrogen-bond donors (Lipinski definition) is 0. The highest BCUT2D eigenvalue weighted by Gasteiger charge is 2.10. The Bertz CT molecular complexity index is 980. The second-order valence-corrected chi connectivity index (χ2v) is 6.85.